The van der Waals surface area contributed by atoms with Gasteiger partial charge in [0.25, 0.3) is 0 Å². The first-order valence-electron chi connectivity index (χ1n) is 11.6. The number of nitrogens with zero attached hydrogens (tertiary/aromatic N) is 2. The monoisotopic (exact) mass is 434 g/mol. The van der Waals surface area contributed by atoms with Crippen LogP contribution in [0.1, 0.15) is 48.0 Å². The molecule has 3 aromatic rings. The second-order valence-electron chi connectivity index (χ2n) is 8.58. The molecule has 2 aliphatic rings. The quantitative estimate of drug-likeness (QED) is 0.453. The molecule has 0 spiro atoms. The molecule has 2 fully saturated rings. The summed E-state index contributed by atoms with van der Waals surface area (Å²) in [6, 6.07) is 16.0. The molecule has 0 atom stereocenters. The molecule has 162 valence electrons. The summed E-state index contributed by atoms with van der Waals surface area (Å²) in [5.74, 6) is 0.947. The fourth-order valence-corrected chi connectivity index (χ4v) is 5.97. The van der Waals surface area contributed by atoms with Gasteiger partial charge in [-0.25, -0.2) is 0 Å². The number of fused-ring (bicyclic) bond motifs is 1. The highest BCUT2D eigenvalue weighted by Crippen LogP contribution is 2.40. The van der Waals surface area contributed by atoms with Gasteiger partial charge in [-0.2, -0.15) is 0 Å². The van der Waals surface area contributed by atoms with E-state index in [1.54, 1.807) is 11.3 Å². The van der Waals surface area contributed by atoms with Crippen molar-refractivity contribution in [2.24, 2.45) is 0 Å². The van der Waals surface area contributed by atoms with E-state index >= 15 is 0 Å². The van der Waals surface area contributed by atoms with Crippen molar-refractivity contribution >= 4 is 32.2 Å². The molecular weight excluding hydrogens is 404 g/mol. The van der Waals surface area contributed by atoms with Gasteiger partial charge in [-0.15, -0.1) is 11.3 Å². The number of hydrogen-bond acceptors (Lipinski definition) is 5. The van der Waals surface area contributed by atoms with Gasteiger partial charge in [0.05, 0.1) is 5.56 Å². The molecule has 1 aromatic heterocycles. The first-order valence-corrected chi connectivity index (χ1v) is 12.4. The SMILES string of the molecule is O=C(c1ccc(OCCN2CCCCC2)cc1)c1c(N2CCCC2)sc2ccccc12. The molecule has 31 heavy (non-hydrogen) atoms. The Bertz CT molecular complexity index is 1030. The Morgan fingerprint density at radius 2 is 1.58 bits per heavy atom. The zero-order chi connectivity index (χ0) is 21.0. The van der Waals surface area contributed by atoms with Gasteiger partial charge in [0.1, 0.15) is 17.4 Å². The number of rotatable bonds is 7. The molecule has 5 rings (SSSR count). The Labute approximate surface area is 188 Å². The van der Waals surface area contributed by atoms with Gasteiger partial charge < -0.3 is 9.64 Å². The molecule has 0 bridgehead atoms. The molecule has 0 aliphatic carbocycles. The average Bonchev–Trinajstić information content (AvgIpc) is 3.48. The number of likely N-dealkylation sites (tertiary alicyclic amines) is 1. The molecule has 5 heteroatoms. The van der Waals surface area contributed by atoms with Crippen LogP contribution in [-0.2, 0) is 0 Å². The predicted molar refractivity (Wildman–Crippen MR) is 129 cm³/mol. The van der Waals surface area contributed by atoms with Crippen molar-refractivity contribution < 1.29 is 9.53 Å². The molecule has 0 radical (unpaired) electrons. The van der Waals surface area contributed by atoms with Gasteiger partial charge in [0, 0.05) is 35.3 Å². The lowest BCUT2D eigenvalue weighted by molar-refractivity contribution is 0.104. The van der Waals surface area contributed by atoms with Crippen molar-refractivity contribution in [1.29, 1.82) is 0 Å². The second kappa shape index (κ2) is 9.41. The number of benzene rings is 2. The molecule has 0 N–H and O–H groups in total. The number of carbonyl (C=O) groups is 1. The van der Waals surface area contributed by atoms with Crippen LogP contribution in [0.3, 0.4) is 0 Å². The van der Waals surface area contributed by atoms with Crippen LogP contribution in [0.5, 0.6) is 5.75 Å². The van der Waals surface area contributed by atoms with Crippen LogP contribution in [0.4, 0.5) is 5.00 Å². The van der Waals surface area contributed by atoms with Crippen molar-refractivity contribution in [2.75, 3.05) is 44.2 Å². The lowest BCUT2D eigenvalue weighted by atomic mass is 10.0. The van der Waals surface area contributed by atoms with Gasteiger partial charge >= 0.3 is 0 Å². The molecule has 2 aliphatic heterocycles. The summed E-state index contributed by atoms with van der Waals surface area (Å²) in [6.45, 7) is 6.12. The summed E-state index contributed by atoms with van der Waals surface area (Å²) < 4.78 is 7.14. The summed E-state index contributed by atoms with van der Waals surface area (Å²) >= 11 is 1.75. The Morgan fingerprint density at radius 3 is 2.35 bits per heavy atom. The van der Waals surface area contributed by atoms with Crippen LogP contribution in [0.15, 0.2) is 48.5 Å². The van der Waals surface area contributed by atoms with Crippen molar-refractivity contribution in [1.82, 2.24) is 4.90 Å². The van der Waals surface area contributed by atoms with Crippen LogP contribution in [0.25, 0.3) is 10.1 Å². The average molecular weight is 435 g/mol. The summed E-state index contributed by atoms with van der Waals surface area (Å²) in [4.78, 5) is 18.4. The minimum Gasteiger partial charge on any atom is -0.492 e. The van der Waals surface area contributed by atoms with Crippen LogP contribution in [-0.4, -0.2) is 50.0 Å². The zero-order valence-electron chi connectivity index (χ0n) is 18.0. The van der Waals surface area contributed by atoms with Crippen molar-refractivity contribution in [2.45, 2.75) is 32.1 Å². The van der Waals surface area contributed by atoms with Gasteiger partial charge in [0.15, 0.2) is 5.78 Å². The minimum absolute atomic E-state index is 0.110. The maximum Gasteiger partial charge on any atom is 0.196 e. The van der Waals surface area contributed by atoms with E-state index in [1.165, 1.54) is 49.9 Å². The standard InChI is InChI=1S/C26H30N2O2S/c29-25(20-10-12-21(13-11-20)30-19-18-27-14-4-1-5-15-27)24-22-8-2-3-9-23(22)31-26(24)28-16-6-7-17-28/h2-3,8-13H,1,4-7,14-19H2. The van der Waals surface area contributed by atoms with E-state index in [-0.39, 0.29) is 5.78 Å². The number of hydrogen-bond donors (Lipinski definition) is 0. The first-order chi connectivity index (χ1) is 15.3. The second-order valence-corrected chi connectivity index (χ2v) is 9.61. The fraction of sp³-hybridized carbons (Fsp3) is 0.423. The lowest BCUT2D eigenvalue weighted by Crippen LogP contribution is -2.33. The Hall–Kier alpha value is -2.37. The highest BCUT2D eigenvalue weighted by atomic mass is 32.1. The van der Waals surface area contributed by atoms with Crippen LogP contribution >= 0.6 is 11.3 Å². The molecule has 0 unspecified atom stereocenters. The molecule has 2 saturated heterocycles. The maximum atomic E-state index is 13.6. The van der Waals surface area contributed by atoms with Crippen LogP contribution in [0.2, 0.25) is 0 Å². The number of ketones is 1. The van der Waals surface area contributed by atoms with E-state index in [0.29, 0.717) is 6.61 Å². The fourth-order valence-electron chi connectivity index (χ4n) is 4.72. The normalized spacial score (nSPS) is 17.4. The number of piperidine rings is 1. The van der Waals surface area contributed by atoms with Crippen molar-refractivity contribution in [3.05, 3.63) is 59.7 Å². The largest absolute Gasteiger partial charge is 0.492 e. The lowest BCUT2D eigenvalue weighted by Gasteiger charge is -2.26. The molecule has 3 heterocycles. The summed E-state index contributed by atoms with van der Waals surface area (Å²) in [7, 11) is 0. The van der Waals surface area contributed by atoms with Gasteiger partial charge in [0.2, 0.25) is 0 Å². The van der Waals surface area contributed by atoms with Crippen molar-refractivity contribution in [3.63, 3.8) is 0 Å². The molecular formula is C26H30N2O2S. The van der Waals surface area contributed by atoms with Gasteiger partial charge in [-0.1, -0.05) is 24.6 Å². The van der Waals surface area contributed by atoms with E-state index in [0.717, 1.165) is 46.9 Å². The van der Waals surface area contributed by atoms with Crippen LogP contribution in [0, 0.1) is 0 Å². The molecule has 4 nitrogen and oxygen atoms in total. The molecule has 0 amide bonds. The van der Waals surface area contributed by atoms with Gasteiger partial charge in [-0.05, 0) is 69.1 Å². The Balaban J connectivity index is 1.32. The highest BCUT2D eigenvalue weighted by molar-refractivity contribution is 7.23. The number of anilines is 1. The van der Waals surface area contributed by atoms with Crippen LogP contribution < -0.4 is 9.64 Å². The van der Waals surface area contributed by atoms with E-state index in [9.17, 15) is 4.79 Å². The third-order valence-corrected chi connectivity index (χ3v) is 7.67. The highest BCUT2D eigenvalue weighted by Gasteiger charge is 2.25. The van der Waals surface area contributed by atoms with E-state index in [2.05, 4.69) is 28.0 Å². The first kappa shape index (κ1) is 20.5. The van der Waals surface area contributed by atoms with Gasteiger partial charge in [-0.3, -0.25) is 9.69 Å². The predicted octanol–water partition coefficient (Wildman–Crippen LogP) is 5.60. The third kappa shape index (κ3) is 4.48. The minimum atomic E-state index is 0.110. The van der Waals surface area contributed by atoms with E-state index in [1.807, 2.05) is 30.3 Å². The third-order valence-electron chi connectivity index (χ3n) is 6.44. The zero-order valence-corrected chi connectivity index (χ0v) is 18.8. The number of thiophene rings is 1. The summed E-state index contributed by atoms with van der Waals surface area (Å²) in [5.41, 5.74) is 1.59. The van der Waals surface area contributed by atoms with E-state index < -0.39 is 0 Å². The Morgan fingerprint density at radius 1 is 0.871 bits per heavy atom. The summed E-state index contributed by atoms with van der Waals surface area (Å²) in [6.07, 6.45) is 6.35. The van der Waals surface area contributed by atoms with Crippen molar-refractivity contribution in [3.8, 4) is 5.75 Å². The maximum absolute atomic E-state index is 13.6. The Kier molecular flexibility index (Phi) is 6.23. The van der Waals surface area contributed by atoms with E-state index in [4.69, 9.17) is 4.74 Å². The number of ether oxygens (including phenoxy) is 1. The number of carbonyl (C=O) groups excluding carboxylic acids is 1. The molecule has 2 aromatic carbocycles. The smallest absolute Gasteiger partial charge is 0.196 e. The topological polar surface area (TPSA) is 32.8 Å². The summed E-state index contributed by atoms with van der Waals surface area (Å²) in [5, 5.41) is 2.20. The molecule has 0 saturated carbocycles.